The summed E-state index contributed by atoms with van der Waals surface area (Å²) in [5.74, 6) is 0.215. The molecule has 1 N–H and O–H groups in total. The first-order valence-electron chi connectivity index (χ1n) is 4.69. The van der Waals surface area contributed by atoms with Gasteiger partial charge in [-0.3, -0.25) is 0 Å². The van der Waals surface area contributed by atoms with Gasteiger partial charge in [-0.1, -0.05) is 11.6 Å². The molecule has 1 aromatic carbocycles. The van der Waals surface area contributed by atoms with E-state index in [1.165, 1.54) is 12.1 Å². The van der Waals surface area contributed by atoms with Crippen molar-refractivity contribution in [1.82, 2.24) is 5.32 Å². The van der Waals surface area contributed by atoms with Gasteiger partial charge in [0.1, 0.15) is 5.82 Å². The van der Waals surface area contributed by atoms with Crippen LogP contribution >= 0.6 is 23.2 Å². The topological polar surface area (TPSA) is 12.0 Å². The Kier molecular flexibility index (Phi) is 4.38. The van der Waals surface area contributed by atoms with Gasteiger partial charge >= 0.3 is 0 Å². The number of rotatable bonds is 4. The van der Waals surface area contributed by atoms with Gasteiger partial charge < -0.3 is 5.32 Å². The first-order chi connectivity index (χ1) is 6.94. The molecule has 0 saturated carbocycles. The monoisotopic (exact) mass is 249 g/mol. The molecule has 0 aliphatic carbocycles. The number of nitrogens with one attached hydrogen (secondary N) is 1. The Balaban J connectivity index is 2.69. The lowest BCUT2D eigenvalue weighted by molar-refractivity contribution is 0.423. The zero-order valence-corrected chi connectivity index (χ0v) is 10.3. The van der Waals surface area contributed by atoms with E-state index in [0.29, 0.717) is 23.0 Å². The molecule has 0 bridgehead atoms. The van der Waals surface area contributed by atoms with Crippen molar-refractivity contribution in [3.63, 3.8) is 0 Å². The van der Waals surface area contributed by atoms with Gasteiger partial charge in [0.15, 0.2) is 0 Å². The molecule has 0 heterocycles. The maximum atomic E-state index is 13.3. The molecule has 15 heavy (non-hydrogen) atoms. The highest BCUT2D eigenvalue weighted by Gasteiger charge is 2.15. The van der Waals surface area contributed by atoms with Crippen molar-refractivity contribution in [3.8, 4) is 0 Å². The maximum absolute atomic E-state index is 13.3. The largest absolute Gasteiger partial charge is 0.306 e. The van der Waals surface area contributed by atoms with Gasteiger partial charge in [0.2, 0.25) is 0 Å². The van der Waals surface area contributed by atoms with E-state index in [1.54, 1.807) is 6.07 Å². The molecule has 1 nitrogen and oxygen atoms in total. The van der Waals surface area contributed by atoms with Crippen LogP contribution in [0.4, 0.5) is 4.39 Å². The first-order valence-corrected chi connectivity index (χ1v) is 5.61. The molecule has 4 heteroatoms. The number of alkyl halides is 1. The number of halogens is 3. The minimum Gasteiger partial charge on any atom is -0.306 e. The van der Waals surface area contributed by atoms with Crippen molar-refractivity contribution in [1.29, 1.82) is 0 Å². The van der Waals surface area contributed by atoms with Gasteiger partial charge in [0.05, 0.1) is 0 Å². The van der Waals surface area contributed by atoms with Crippen LogP contribution in [-0.2, 0) is 6.54 Å². The molecule has 0 radical (unpaired) electrons. The van der Waals surface area contributed by atoms with E-state index in [9.17, 15) is 4.39 Å². The standard InChI is InChI=1S/C11H14Cl2FN/c1-11(2,7-12)15-6-8-5-9(13)3-4-10(8)14/h3-5,15H,6-7H2,1-2H3. The molecule has 0 atom stereocenters. The van der Waals surface area contributed by atoms with Crippen LogP contribution in [-0.4, -0.2) is 11.4 Å². The van der Waals surface area contributed by atoms with E-state index in [4.69, 9.17) is 23.2 Å². The Morgan fingerprint density at radius 3 is 2.67 bits per heavy atom. The first kappa shape index (κ1) is 12.8. The Bertz CT molecular complexity index is 339. The fourth-order valence-electron chi connectivity index (χ4n) is 1.06. The molecule has 0 aliphatic rings. The molecule has 0 aliphatic heterocycles. The Labute approximate surface area is 99.6 Å². The van der Waals surface area contributed by atoms with Crippen molar-refractivity contribution in [2.24, 2.45) is 0 Å². The zero-order valence-electron chi connectivity index (χ0n) is 8.78. The van der Waals surface area contributed by atoms with Crippen LogP contribution < -0.4 is 5.32 Å². The van der Waals surface area contributed by atoms with Crippen molar-refractivity contribution in [3.05, 3.63) is 34.6 Å². The van der Waals surface area contributed by atoms with E-state index < -0.39 is 0 Å². The summed E-state index contributed by atoms with van der Waals surface area (Å²) in [6.45, 7) is 4.34. The van der Waals surface area contributed by atoms with Crippen LogP contribution in [0.1, 0.15) is 19.4 Å². The van der Waals surface area contributed by atoms with Crippen LogP contribution in [0.2, 0.25) is 5.02 Å². The minimum absolute atomic E-state index is 0.212. The van der Waals surface area contributed by atoms with Gasteiger partial charge in [0.25, 0.3) is 0 Å². The quantitative estimate of drug-likeness (QED) is 0.805. The summed E-state index contributed by atoms with van der Waals surface area (Å²) in [5.41, 5.74) is 0.344. The van der Waals surface area contributed by atoms with Crippen molar-refractivity contribution >= 4 is 23.2 Å². The molecule has 0 spiro atoms. The number of hydrogen-bond donors (Lipinski definition) is 1. The van der Waals surface area contributed by atoms with Gasteiger partial charge in [-0.05, 0) is 32.0 Å². The molecular weight excluding hydrogens is 236 g/mol. The Morgan fingerprint density at radius 1 is 1.40 bits per heavy atom. The molecule has 0 amide bonds. The predicted octanol–water partition coefficient (Wildman–Crippen LogP) is 3.59. The lowest BCUT2D eigenvalue weighted by atomic mass is 10.1. The normalized spacial score (nSPS) is 11.8. The lowest BCUT2D eigenvalue weighted by Crippen LogP contribution is -2.40. The Morgan fingerprint density at radius 2 is 2.07 bits per heavy atom. The third-order valence-electron chi connectivity index (χ3n) is 2.10. The maximum Gasteiger partial charge on any atom is 0.127 e. The van der Waals surface area contributed by atoms with Gasteiger partial charge in [-0.25, -0.2) is 4.39 Å². The third-order valence-corrected chi connectivity index (χ3v) is 3.00. The fourth-order valence-corrected chi connectivity index (χ4v) is 1.35. The SMILES string of the molecule is CC(C)(CCl)NCc1cc(Cl)ccc1F. The summed E-state index contributed by atoms with van der Waals surface area (Å²) in [6.07, 6.45) is 0. The summed E-state index contributed by atoms with van der Waals surface area (Å²) < 4.78 is 13.3. The van der Waals surface area contributed by atoms with Crippen molar-refractivity contribution in [2.75, 3.05) is 5.88 Å². The highest BCUT2D eigenvalue weighted by molar-refractivity contribution is 6.30. The van der Waals surface area contributed by atoms with Crippen molar-refractivity contribution < 1.29 is 4.39 Å². The van der Waals surface area contributed by atoms with E-state index in [1.807, 2.05) is 13.8 Å². The highest BCUT2D eigenvalue weighted by Crippen LogP contribution is 2.16. The van der Waals surface area contributed by atoms with Crippen LogP contribution in [0.3, 0.4) is 0 Å². The molecule has 0 saturated heterocycles. The van der Waals surface area contributed by atoms with E-state index >= 15 is 0 Å². The average Bonchev–Trinajstić information content (AvgIpc) is 2.20. The van der Waals surface area contributed by atoms with Crippen LogP contribution in [0.5, 0.6) is 0 Å². The lowest BCUT2D eigenvalue weighted by Gasteiger charge is -2.23. The second-order valence-corrected chi connectivity index (χ2v) is 4.81. The summed E-state index contributed by atoms with van der Waals surface area (Å²) in [7, 11) is 0. The predicted molar refractivity (Wildman–Crippen MR) is 63.0 cm³/mol. The van der Waals surface area contributed by atoms with Gasteiger partial charge in [0, 0.05) is 28.5 Å². The molecule has 1 aromatic rings. The summed E-state index contributed by atoms with van der Waals surface area (Å²) in [6, 6.07) is 4.52. The van der Waals surface area contributed by atoms with Crippen molar-refractivity contribution in [2.45, 2.75) is 25.9 Å². The fraction of sp³-hybridized carbons (Fsp3) is 0.455. The van der Waals surface area contributed by atoms with E-state index in [0.717, 1.165) is 0 Å². The summed E-state index contributed by atoms with van der Waals surface area (Å²) in [5, 5.41) is 3.70. The average molecular weight is 250 g/mol. The smallest absolute Gasteiger partial charge is 0.127 e. The molecule has 0 fully saturated rings. The van der Waals surface area contributed by atoms with Crippen LogP contribution in [0, 0.1) is 5.82 Å². The zero-order chi connectivity index (χ0) is 11.5. The highest BCUT2D eigenvalue weighted by atomic mass is 35.5. The minimum atomic E-state index is -0.253. The Hall–Kier alpha value is -0.310. The molecule has 0 aromatic heterocycles. The number of hydrogen-bond acceptors (Lipinski definition) is 1. The van der Waals surface area contributed by atoms with Crippen LogP contribution in [0.25, 0.3) is 0 Å². The van der Waals surface area contributed by atoms with E-state index in [-0.39, 0.29) is 11.4 Å². The summed E-state index contributed by atoms with van der Waals surface area (Å²) >= 11 is 11.5. The molecular formula is C11H14Cl2FN. The molecule has 0 unspecified atom stereocenters. The second kappa shape index (κ2) is 5.15. The second-order valence-electron chi connectivity index (χ2n) is 4.11. The van der Waals surface area contributed by atoms with Gasteiger partial charge in [-0.2, -0.15) is 0 Å². The number of benzene rings is 1. The third kappa shape index (κ3) is 3.98. The van der Waals surface area contributed by atoms with Crippen LogP contribution in [0.15, 0.2) is 18.2 Å². The summed E-state index contributed by atoms with van der Waals surface area (Å²) in [4.78, 5) is 0. The molecule has 84 valence electrons. The van der Waals surface area contributed by atoms with Gasteiger partial charge in [-0.15, -0.1) is 11.6 Å². The van der Waals surface area contributed by atoms with E-state index in [2.05, 4.69) is 5.32 Å². The molecule has 1 rings (SSSR count).